The molecule has 0 saturated heterocycles. The van der Waals surface area contributed by atoms with Gasteiger partial charge in [0.05, 0.1) is 7.11 Å². The molecule has 0 bridgehead atoms. The number of methoxy groups -OCH3 is 1. The first kappa shape index (κ1) is 20.6. The van der Waals surface area contributed by atoms with Gasteiger partial charge in [-0.25, -0.2) is 4.79 Å². The summed E-state index contributed by atoms with van der Waals surface area (Å²) in [6.45, 7) is 0.337. The van der Waals surface area contributed by atoms with E-state index in [1.807, 2.05) is 6.07 Å². The molecule has 0 unspecified atom stereocenters. The summed E-state index contributed by atoms with van der Waals surface area (Å²) in [5.74, 6) is -0.439. The lowest BCUT2D eigenvalue weighted by Crippen LogP contribution is -2.22. The number of amides is 3. The van der Waals surface area contributed by atoms with E-state index in [0.29, 0.717) is 29.0 Å². The molecule has 30 heavy (non-hydrogen) atoms. The van der Waals surface area contributed by atoms with Gasteiger partial charge in [0.1, 0.15) is 0 Å². The molecule has 0 radical (unpaired) electrons. The Kier molecular flexibility index (Phi) is 6.78. The van der Waals surface area contributed by atoms with Gasteiger partial charge in [0.2, 0.25) is 0 Å². The van der Waals surface area contributed by atoms with Gasteiger partial charge in [0, 0.05) is 29.0 Å². The fourth-order valence-electron chi connectivity index (χ4n) is 2.66. The molecule has 3 aromatic carbocycles. The predicted molar refractivity (Wildman–Crippen MR) is 114 cm³/mol. The normalized spacial score (nSPS) is 10.0. The highest BCUT2D eigenvalue weighted by Crippen LogP contribution is 2.13. The van der Waals surface area contributed by atoms with Crippen LogP contribution in [0.5, 0.6) is 0 Å². The van der Waals surface area contributed by atoms with Crippen molar-refractivity contribution < 1.29 is 19.1 Å². The van der Waals surface area contributed by atoms with E-state index in [2.05, 4.69) is 20.7 Å². The van der Waals surface area contributed by atoms with Crippen molar-refractivity contribution >= 4 is 29.3 Å². The molecule has 3 aromatic rings. The third-order valence-electron chi connectivity index (χ3n) is 4.28. The Balaban J connectivity index is 1.52. The summed E-state index contributed by atoms with van der Waals surface area (Å²) < 4.78 is 4.53. The number of hydrogen-bond donors (Lipinski definition) is 3. The highest BCUT2D eigenvalue weighted by atomic mass is 16.5. The van der Waals surface area contributed by atoms with Gasteiger partial charge in [-0.1, -0.05) is 30.3 Å². The number of ether oxygens (including phenoxy) is 1. The SMILES string of the molecule is COC(=O)Nc1ccc(CNC(=O)c2ccc(NC(=O)c3ccccc3)cc2)cc1. The van der Waals surface area contributed by atoms with E-state index >= 15 is 0 Å². The Morgan fingerprint density at radius 1 is 0.700 bits per heavy atom. The number of anilines is 2. The van der Waals surface area contributed by atoms with Gasteiger partial charge in [-0.15, -0.1) is 0 Å². The van der Waals surface area contributed by atoms with Gasteiger partial charge < -0.3 is 15.4 Å². The Bertz CT molecular complexity index is 1020. The van der Waals surface area contributed by atoms with E-state index in [4.69, 9.17) is 0 Å². The van der Waals surface area contributed by atoms with Crippen molar-refractivity contribution in [2.75, 3.05) is 17.7 Å². The van der Waals surface area contributed by atoms with Crippen LogP contribution in [0.1, 0.15) is 26.3 Å². The molecule has 7 heteroatoms. The van der Waals surface area contributed by atoms with E-state index in [9.17, 15) is 14.4 Å². The molecule has 3 rings (SSSR count). The number of carbonyl (C=O) groups excluding carboxylic acids is 3. The lowest BCUT2D eigenvalue weighted by Gasteiger charge is -2.09. The number of benzene rings is 3. The van der Waals surface area contributed by atoms with Crippen LogP contribution in [0.3, 0.4) is 0 Å². The van der Waals surface area contributed by atoms with Crippen LogP contribution in [-0.2, 0) is 11.3 Å². The summed E-state index contributed by atoms with van der Waals surface area (Å²) in [6, 6.07) is 22.6. The molecule has 0 heterocycles. The van der Waals surface area contributed by atoms with Crippen LogP contribution in [0, 0.1) is 0 Å². The quantitative estimate of drug-likeness (QED) is 0.579. The molecular formula is C23H21N3O4. The maximum atomic E-state index is 12.4. The van der Waals surface area contributed by atoms with Crippen LogP contribution in [-0.4, -0.2) is 25.0 Å². The average Bonchev–Trinajstić information content (AvgIpc) is 2.79. The first-order valence-electron chi connectivity index (χ1n) is 9.24. The van der Waals surface area contributed by atoms with E-state index in [1.165, 1.54) is 7.11 Å². The van der Waals surface area contributed by atoms with Crippen LogP contribution in [0.4, 0.5) is 16.2 Å². The molecule has 0 saturated carbocycles. The van der Waals surface area contributed by atoms with E-state index < -0.39 is 6.09 Å². The molecule has 0 aliphatic carbocycles. The van der Waals surface area contributed by atoms with Crippen molar-refractivity contribution in [3.63, 3.8) is 0 Å². The van der Waals surface area contributed by atoms with Gasteiger partial charge >= 0.3 is 6.09 Å². The molecule has 152 valence electrons. The van der Waals surface area contributed by atoms with Crippen LogP contribution in [0.2, 0.25) is 0 Å². The largest absolute Gasteiger partial charge is 0.453 e. The zero-order valence-electron chi connectivity index (χ0n) is 16.3. The first-order chi connectivity index (χ1) is 14.5. The topological polar surface area (TPSA) is 96.5 Å². The fourth-order valence-corrected chi connectivity index (χ4v) is 2.66. The smallest absolute Gasteiger partial charge is 0.411 e. The second kappa shape index (κ2) is 9.88. The highest BCUT2D eigenvalue weighted by Gasteiger charge is 2.08. The monoisotopic (exact) mass is 403 g/mol. The minimum Gasteiger partial charge on any atom is -0.453 e. The molecule has 3 N–H and O–H groups in total. The van der Waals surface area contributed by atoms with Crippen LogP contribution in [0.15, 0.2) is 78.9 Å². The first-order valence-corrected chi connectivity index (χ1v) is 9.24. The molecule has 7 nitrogen and oxygen atoms in total. The summed E-state index contributed by atoms with van der Waals surface area (Å²) in [7, 11) is 1.29. The van der Waals surface area contributed by atoms with Gasteiger partial charge in [-0.3, -0.25) is 14.9 Å². The highest BCUT2D eigenvalue weighted by molar-refractivity contribution is 6.04. The predicted octanol–water partition coefficient (Wildman–Crippen LogP) is 4.05. The molecule has 0 aromatic heterocycles. The van der Waals surface area contributed by atoms with E-state index in [-0.39, 0.29) is 11.8 Å². The lowest BCUT2D eigenvalue weighted by atomic mass is 10.1. The van der Waals surface area contributed by atoms with Crippen molar-refractivity contribution in [1.29, 1.82) is 0 Å². The van der Waals surface area contributed by atoms with Crippen LogP contribution in [0.25, 0.3) is 0 Å². The third kappa shape index (κ3) is 5.68. The zero-order valence-corrected chi connectivity index (χ0v) is 16.3. The van der Waals surface area contributed by atoms with Crippen molar-refractivity contribution in [2.24, 2.45) is 0 Å². The third-order valence-corrected chi connectivity index (χ3v) is 4.28. The van der Waals surface area contributed by atoms with Gasteiger partial charge in [-0.2, -0.15) is 0 Å². The minimum atomic E-state index is -0.542. The molecular weight excluding hydrogens is 382 g/mol. The summed E-state index contributed by atoms with van der Waals surface area (Å²) >= 11 is 0. The number of rotatable bonds is 6. The summed E-state index contributed by atoms with van der Waals surface area (Å²) in [4.78, 5) is 35.7. The standard InChI is InChI=1S/C23H21N3O4/c1-30-23(29)26-20-11-7-16(8-12-20)15-24-21(27)18-9-13-19(14-10-18)25-22(28)17-5-3-2-4-6-17/h2-14H,15H2,1H3,(H,24,27)(H,25,28)(H,26,29). The minimum absolute atomic E-state index is 0.210. The molecule has 3 amide bonds. The van der Waals surface area contributed by atoms with Crippen molar-refractivity contribution in [2.45, 2.75) is 6.54 Å². The van der Waals surface area contributed by atoms with Crippen LogP contribution >= 0.6 is 0 Å². The second-order valence-electron chi connectivity index (χ2n) is 6.39. The van der Waals surface area contributed by atoms with E-state index in [0.717, 1.165) is 5.56 Å². The molecule has 0 spiro atoms. The number of hydrogen-bond acceptors (Lipinski definition) is 4. The second-order valence-corrected chi connectivity index (χ2v) is 6.39. The van der Waals surface area contributed by atoms with Crippen molar-refractivity contribution in [3.05, 3.63) is 95.6 Å². The van der Waals surface area contributed by atoms with Gasteiger partial charge in [-0.05, 0) is 54.1 Å². The molecule has 0 fully saturated rings. The summed E-state index contributed by atoms with van der Waals surface area (Å²) in [5, 5.41) is 8.19. The lowest BCUT2D eigenvalue weighted by molar-refractivity contribution is 0.0950. The Morgan fingerprint density at radius 3 is 1.90 bits per heavy atom. The summed E-state index contributed by atoms with van der Waals surface area (Å²) in [5.41, 5.74) is 3.13. The van der Waals surface area contributed by atoms with Gasteiger partial charge in [0.15, 0.2) is 0 Å². The number of carbonyl (C=O) groups is 3. The average molecular weight is 403 g/mol. The molecule has 0 aliphatic rings. The fraction of sp³-hybridized carbons (Fsp3) is 0.0870. The van der Waals surface area contributed by atoms with Gasteiger partial charge in [0.25, 0.3) is 11.8 Å². The molecule has 0 atom stereocenters. The Morgan fingerprint density at radius 2 is 1.27 bits per heavy atom. The van der Waals surface area contributed by atoms with Crippen LogP contribution < -0.4 is 16.0 Å². The Hall–Kier alpha value is -4.13. The maximum Gasteiger partial charge on any atom is 0.411 e. The van der Waals surface area contributed by atoms with Crippen molar-refractivity contribution in [3.8, 4) is 0 Å². The Labute approximate surface area is 174 Å². The van der Waals surface area contributed by atoms with E-state index in [1.54, 1.807) is 72.8 Å². The maximum absolute atomic E-state index is 12.4. The zero-order chi connectivity index (χ0) is 21.3. The molecule has 0 aliphatic heterocycles. The summed E-state index contributed by atoms with van der Waals surface area (Å²) in [6.07, 6.45) is -0.542. The van der Waals surface area contributed by atoms with Crippen molar-refractivity contribution in [1.82, 2.24) is 5.32 Å². The number of nitrogens with one attached hydrogen (secondary N) is 3.